The van der Waals surface area contributed by atoms with Crippen LogP contribution in [-0.4, -0.2) is 41.3 Å². The SMILES string of the molecule is COC(=O)c1c(O)ccc2c1CCN(C(=O)OC(C)(C)C)C2. The molecule has 6 nitrogen and oxygen atoms in total. The number of fused-ring (bicyclic) bond motifs is 1. The van der Waals surface area contributed by atoms with Gasteiger partial charge >= 0.3 is 12.1 Å². The van der Waals surface area contributed by atoms with Crippen LogP contribution in [0.1, 0.15) is 42.3 Å². The van der Waals surface area contributed by atoms with E-state index in [-0.39, 0.29) is 17.4 Å². The van der Waals surface area contributed by atoms with E-state index in [1.165, 1.54) is 13.2 Å². The summed E-state index contributed by atoms with van der Waals surface area (Å²) in [4.78, 5) is 25.5. The molecule has 0 fully saturated rings. The summed E-state index contributed by atoms with van der Waals surface area (Å²) in [5, 5.41) is 9.89. The Morgan fingerprint density at radius 2 is 1.95 bits per heavy atom. The van der Waals surface area contributed by atoms with Crippen LogP contribution in [0.15, 0.2) is 12.1 Å². The standard InChI is InChI=1S/C16H21NO5/c1-16(2,3)22-15(20)17-8-7-11-10(9-17)5-6-12(18)13(11)14(19)21-4/h5-6,18H,7-9H2,1-4H3. The Balaban J connectivity index is 2.25. The molecule has 120 valence electrons. The maximum atomic E-state index is 12.1. The number of hydrogen-bond donors (Lipinski definition) is 1. The number of esters is 1. The van der Waals surface area contributed by atoms with Crippen LogP contribution in [0, 0.1) is 0 Å². The number of carbonyl (C=O) groups excluding carboxylic acids is 2. The normalized spacial score (nSPS) is 14.3. The second-order valence-corrected chi connectivity index (χ2v) is 6.24. The number of ether oxygens (including phenoxy) is 2. The van der Waals surface area contributed by atoms with Gasteiger partial charge in [-0.15, -0.1) is 0 Å². The van der Waals surface area contributed by atoms with E-state index < -0.39 is 11.6 Å². The third-order valence-corrected chi connectivity index (χ3v) is 3.42. The number of nitrogens with zero attached hydrogens (tertiary/aromatic N) is 1. The topological polar surface area (TPSA) is 76.1 Å². The van der Waals surface area contributed by atoms with E-state index in [0.29, 0.717) is 19.5 Å². The second kappa shape index (κ2) is 5.87. The smallest absolute Gasteiger partial charge is 0.410 e. The van der Waals surface area contributed by atoms with Gasteiger partial charge in [0.25, 0.3) is 0 Å². The summed E-state index contributed by atoms with van der Waals surface area (Å²) in [5.74, 6) is -0.670. The Kier molecular flexibility index (Phi) is 4.30. The number of aromatic hydroxyl groups is 1. The van der Waals surface area contributed by atoms with E-state index in [9.17, 15) is 14.7 Å². The largest absolute Gasteiger partial charge is 0.507 e. The average molecular weight is 307 g/mol. The van der Waals surface area contributed by atoms with Gasteiger partial charge in [0, 0.05) is 13.1 Å². The van der Waals surface area contributed by atoms with Gasteiger partial charge in [-0.2, -0.15) is 0 Å². The maximum absolute atomic E-state index is 12.1. The Morgan fingerprint density at radius 1 is 1.27 bits per heavy atom. The number of amides is 1. The zero-order chi connectivity index (χ0) is 16.5. The molecule has 0 spiro atoms. The van der Waals surface area contributed by atoms with Crippen molar-refractivity contribution in [1.82, 2.24) is 4.90 Å². The van der Waals surface area contributed by atoms with Crippen molar-refractivity contribution in [2.75, 3.05) is 13.7 Å². The summed E-state index contributed by atoms with van der Waals surface area (Å²) >= 11 is 0. The van der Waals surface area contributed by atoms with E-state index in [1.54, 1.807) is 11.0 Å². The predicted molar refractivity (Wildman–Crippen MR) is 79.8 cm³/mol. The van der Waals surface area contributed by atoms with Gasteiger partial charge < -0.3 is 19.5 Å². The number of methoxy groups -OCH3 is 1. The third-order valence-electron chi connectivity index (χ3n) is 3.42. The van der Waals surface area contributed by atoms with Crippen LogP contribution in [0.4, 0.5) is 4.79 Å². The molecule has 0 bridgehead atoms. The first-order valence-electron chi connectivity index (χ1n) is 7.13. The molecule has 0 saturated carbocycles. The minimum absolute atomic E-state index is 0.101. The van der Waals surface area contributed by atoms with Crippen LogP contribution in [0.5, 0.6) is 5.75 Å². The number of rotatable bonds is 1. The average Bonchev–Trinajstić information content (AvgIpc) is 2.44. The monoisotopic (exact) mass is 307 g/mol. The predicted octanol–water partition coefficient (Wildman–Crippen LogP) is 2.47. The van der Waals surface area contributed by atoms with Crippen molar-refractivity contribution >= 4 is 12.1 Å². The number of phenolic OH excluding ortho intramolecular Hbond substituents is 1. The van der Waals surface area contributed by atoms with E-state index >= 15 is 0 Å². The molecule has 1 heterocycles. The molecule has 1 aliphatic rings. The molecule has 1 aliphatic heterocycles. The van der Waals surface area contributed by atoms with Crippen LogP contribution in [0.2, 0.25) is 0 Å². The number of benzene rings is 1. The van der Waals surface area contributed by atoms with Gasteiger partial charge in [-0.25, -0.2) is 9.59 Å². The van der Waals surface area contributed by atoms with Gasteiger partial charge in [-0.3, -0.25) is 0 Å². The molecule has 1 amide bonds. The highest BCUT2D eigenvalue weighted by Crippen LogP contribution is 2.30. The molecular formula is C16H21NO5. The summed E-state index contributed by atoms with van der Waals surface area (Å²) in [6, 6.07) is 3.16. The highest BCUT2D eigenvalue weighted by molar-refractivity contribution is 5.94. The third kappa shape index (κ3) is 3.32. The maximum Gasteiger partial charge on any atom is 0.410 e. The van der Waals surface area contributed by atoms with Crippen LogP contribution in [0.3, 0.4) is 0 Å². The molecule has 22 heavy (non-hydrogen) atoms. The Labute approximate surface area is 129 Å². The quantitative estimate of drug-likeness (QED) is 0.807. The van der Waals surface area contributed by atoms with Crippen molar-refractivity contribution in [3.05, 3.63) is 28.8 Å². The second-order valence-electron chi connectivity index (χ2n) is 6.24. The van der Waals surface area contributed by atoms with Crippen molar-refractivity contribution < 1.29 is 24.2 Å². The van der Waals surface area contributed by atoms with Crippen LogP contribution < -0.4 is 0 Å². The molecule has 0 aliphatic carbocycles. The van der Waals surface area contributed by atoms with Gasteiger partial charge in [0.05, 0.1) is 7.11 Å². The van der Waals surface area contributed by atoms with Crippen molar-refractivity contribution in [2.45, 2.75) is 39.3 Å². The van der Waals surface area contributed by atoms with Crippen molar-refractivity contribution in [2.24, 2.45) is 0 Å². The van der Waals surface area contributed by atoms with E-state index in [2.05, 4.69) is 0 Å². The van der Waals surface area contributed by atoms with Gasteiger partial charge in [-0.1, -0.05) is 6.07 Å². The molecule has 1 aromatic carbocycles. The molecular weight excluding hydrogens is 286 g/mol. The molecule has 1 N–H and O–H groups in total. The lowest BCUT2D eigenvalue weighted by Crippen LogP contribution is -2.40. The summed E-state index contributed by atoms with van der Waals surface area (Å²) < 4.78 is 10.1. The van der Waals surface area contributed by atoms with Crippen LogP contribution in [0.25, 0.3) is 0 Å². The first-order valence-corrected chi connectivity index (χ1v) is 7.13. The Hall–Kier alpha value is -2.24. The fraction of sp³-hybridized carbons (Fsp3) is 0.500. The van der Waals surface area contributed by atoms with E-state index in [0.717, 1.165) is 11.1 Å². The first-order chi connectivity index (χ1) is 10.2. The minimum atomic E-state index is -0.569. The molecule has 2 rings (SSSR count). The lowest BCUT2D eigenvalue weighted by Gasteiger charge is -2.32. The van der Waals surface area contributed by atoms with E-state index in [1.807, 2.05) is 20.8 Å². The van der Waals surface area contributed by atoms with Crippen molar-refractivity contribution in [3.8, 4) is 5.75 Å². The molecule has 0 unspecified atom stereocenters. The molecule has 0 aromatic heterocycles. The van der Waals surface area contributed by atoms with Gasteiger partial charge in [0.1, 0.15) is 16.9 Å². The summed E-state index contributed by atoms with van der Waals surface area (Å²) in [5.41, 5.74) is 1.18. The molecule has 6 heteroatoms. The molecule has 1 aromatic rings. The van der Waals surface area contributed by atoms with Crippen molar-refractivity contribution in [1.29, 1.82) is 0 Å². The Bertz CT molecular complexity index is 603. The molecule has 0 atom stereocenters. The summed E-state index contributed by atoms with van der Waals surface area (Å²) in [7, 11) is 1.27. The zero-order valence-corrected chi connectivity index (χ0v) is 13.3. The molecule has 0 saturated heterocycles. The van der Waals surface area contributed by atoms with Crippen molar-refractivity contribution in [3.63, 3.8) is 0 Å². The molecule has 0 radical (unpaired) electrons. The van der Waals surface area contributed by atoms with Gasteiger partial charge in [-0.05, 0) is 44.4 Å². The van der Waals surface area contributed by atoms with E-state index in [4.69, 9.17) is 9.47 Å². The van der Waals surface area contributed by atoms with Crippen LogP contribution >= 0.6 is 0 Å². The van der Waals surface area contributed by atoms with Gasteiger partial charge in [0.2, 0.25) is 0 Å². The highest BCUT2D eigenvalue weighted by Gasteiger charge is 2.29. The van der Waals surface area contributed by atoms with Crippen LogP contribution in [-0.2, 0) is 22.4 Å². The lowest BCUT2D eigenvalue weighted by atomic mass is 9.94. The minimum Gasteiger partial charge on any atom is -0.507 e. The fourth-order valence-electron chi connectivity index (χ4n) is 2.46. The number of phenols is 1. The first kappa shape index (κ1) is 16.1. The Morgan fingerprint density at radius 3 is 2.55 bits per heavy atom. The summed E-state index contributed by atoms with van der Waals surface area (Å²) in [6.07, 6.45) is 0.0822. The summed E-state index contributed by atoms with van der Waals surface area (Å²) in [6.45, 7) is 6.21. The number of carbonyl (C=O) groups is 2. The lowest BCUT2D eigenvalue weighted by molar-refractivity contribution is 0.0224. The van der Waals surface area contributed by atoms with Gasteiger partial charge in [0.15, 0.2) is 0 Å². The fourth-order valence-corrected chi connectivity index (χ4v) is 2.46. The number of hydrogen-bond acceptors (Lipinski definition) is 5. The highest BCUT2D eigenvalue weighted by atomic mass is 16.6. The zero-order valence-electron chi connectivity index (χ0n) is 13.3.